The lowest BCUT2D eigenvalue weighted by molar-refractivity contribution is 0.0625. The molecule has 2 N–H and O–H groups in total. The van der Waals surface area contributed by atoms with E-state index < -0.39 is 5.82 Å². The standard InChI is InChI=1S/C15H16ClFN4OS/c16-10-1-2-12(13(17)7-10)14(22)21-5-3-20(4-6-21)9-11-8-19-15(18)23-11/h1-2,7-8H,3-6,9H2,(H2,18,19). The lowest BCUT2D eigenvalue weighted by Gasteiger charge is -2.34. The molecule has 1 aliphatic rings. The Hall–Kier alpha value is -1.70. The van der Waals surface area contributed by atoms with Crippen LogP contribution >= 0.6 is 22.9 Å². The van der Waals surface area contributed by atoms with E-state index in [4.69, 9.17) is 17.3 Å². The van der Waals surface area contributed by atoms with Gasteiger partial charge in [0.15, 0.2) is 5.13 Å². The highest BCUT2D eigenvalue weighted by atomic mass is 35.5. The number of nitrogens with two attached hydrogens (primary N) is 1. The molecule has 1 saturated heterocycles. The van der Waals surface area contributed by atoms with E-state index in [9.17, 15) is 9.18 Å². The van der Waals surface area contributed by atoms with Gasteiger partial charge in [0.05, 0.1) is 5.56 Å². The van der Waals surface area contributed by atoms with Crippen LogP contribution in [-0.2, 0) is 6.54 Å². The fourth-order valence-corrected chi connectivity index (χ4v) is 3.44. The molecule has 0 spiro atoms. The molecule has 0 atom stereocenters. The number of amides is 1. The first-order valence-electron chi connectivity index (χ1n) is 7.20. The van der Waals surface area contributed by atoms with Gasteiger partial charge in [0.25, 0.3) is 5.91 Å². The lowest BCUT2D eigenvalue weighted by atomic mass is 10.1. The van der Waals surface area contributed by atoms with Crippen molar-refractivity contribution in [2.45, 2.75) is 6.54 Å². The monoisotopic (exact) mass is 354 g/mol. The Kier molecular flexibility index (Phi) is 4.79. The Bertz CT molecular complexity index is 715. The Morgan fingerprint density at radius 3 is 2.70 bits per heavy atom. The van der Waals surface area contributed by atoms with Crippen LogP contribution in [0.4, 0.5) is 9.52 Å². The van der Waals surface area contributed by atoms with Crippen molar-refractivity contribution < 1.29 is 9.18 Å². The number of carbonyl (C=O) groups excluding carboxylic acids is 1. The summed E-state index contributed by atoms with van der Waals surface area (Å²) >= 11 is 7.19. The van der Waals surface area contributed by atoms with Crippen molar-refractivity contribution in [3.8, 4) is 0 Å². The van der Waals surface area contributed by atoms with Crippen molar-refractivity contribution in [2.24, 2.45) is 0 Å². The zero-order valence-electron chi connectivity index (χ0n) is 12.3. The maximum absolute atomic E-state index is 13.9. The zero-order valence-corrected chi connectivity index (χ0v) is 13.9. The van der Waals surface area contributed by atoms with E-state index in [2.05, 4.69) is 9.88 Å². The van der Waals surface area contributed by atoms with Gasteiger partial charge in [0.1, 0.15) is 5.82 Å². The summed E-state index contributed by atoms with van der Waals surface area (Å²) in [4.78, 5) is 21.4. The van der Waals surface area contributed by atoms with E-state index in [1.54, 1.807) is 11.1 Å². The van der Waals surface area contributed by atoms with Gasteiger partial charge in [-0.05, 0) is 18.2 Å². The Morgan fingerprint density at radius 1 is 1.35 bits per heavy atom. The van der Waals surface area contributed by atoms with Crippen LogP contribution in [0.25, 0.3) is 0 Å². The van der Waals surface area contributed by atoms with Crippen LogP contribution in [0, 0.1) is 5.82 Å². The number of halogens is 2. The second-order valence-corrected chi connectivity index (χ2v) is 6.94. The first-order valence-corrected chi connectivity index (χ1v) is 8.39. The van der Waals surface area contributed by atoms with Crippen molar-refractivity contribution in [1.29, 1.82) is 0 Å². The van der Waals surface area contributed by atoms with Gasteiger partial charge in [-0.1, -0.05) is 11.6 Å². The lowest BCUT2D eigenvalue weighted by Crippen LogP contribution is -2.48. The fraction of sp³-hybridized carbons (Fsp3) is 0.333. The van der Waals surface area contributed by atoms with Crippen molar-refractivity contribution >= 4 is 34.0 Å². The van der Waals surface area contributed by atoms with E-state index in [0.717, 1.165) is 24.5 Å². The molecule has 0 saturated carbocycles. The van der Waals surface area contributed by atoms with Gasteiger partial charge >= 0.3 is 0 Å². The highest BCUT2D eigenvalue weighted by Gasteiger charge is 2.24. The van der Waals surface area contributed by atoms with E-state index in [0.29, 0.717) is 18.2 Å². The molecule has 1 amide bonds. The normalized spacial score (nSPS) is 15.8. The molecule has 0 radical (unpaired) electrons. The van der Waals surface area contributed by atoms with Crippen molar-refractivity contribution in [2.75, 3.05) is 31.9 Å². The third-order valence-corrected chi connectivity index (χ3v) is 4.82. The number of hydrogen-bond acceptors (Lipinski definition) is 5. The molecule has 0 aliphatic carbocycles. The molecule has 1 fully saturated rings. The molecular formula is C15H16ClFN4OS. The van der Waals surface area contributed by atoms with Gasteiger partial charge in [0, 0.05) is 48.8 Å². The quantitative estimate of drug-likeness (QED) is 0.919. The van der Waals surface area contributed by atoms with Gasteiger partial charge in [-0.15, -0.1) is 11.3 Å². The van der Waals surface area contributed by atoms with Crippen molar-refractivity contribution in [3.63, 3.8) is 0 Å². The van der Waals surface area contributed by atoms with Gasteiger partial charge in [-0.3, -0.25) is 9.69 Å². The molecule has 2 heterocycles. The average molecular weight is 355 g/mol. The summed E-state index contributed by atoms with van der Waals surface area (Å²) < 4.78 is 13.9. The maximum atomic E-state index is 13.9. The number of nitrogen functional groups attached to an aromatic ring is 1. The molecule has 5 nitrogen and oxygen atoms in total. The molecule has 1 aromatic heterocycles. The number of anilines is 1. The predicted molar refractivity (Wildman–Crippen MR) is 89.1 cm³/mol. The molecule has 3 rings (SSSR count). The highest BCUT2D eigenvalue weighted by Crippen LogP contribution is 2.19. The number of hydrogen-bond donors (Lipinski definition) is 1. The van der Waals surface area contributed by atoms with Crippen molar-refractivity contribution in [1.82, 2.24) is 14.8 Å². The number of nitrogens with zero attached hydrogens (tertiary/aromatic N) is 3. The molecule has 8 heteroatoms. The summed E-state index contributed by atoms with van der Waals surface area (Å²) in [5.74, 6) is -0.870. The SMILES string of the molecule is Nc1ncc(CN2CCN(C(=O)c3ccc(Cl)cc3F)CC2)s1. The van der Waals surface area contributed by atoms with Crippen LogP contribution in [-0.4, -0.2) is 46.9 Å². The number of rotatable bonds is 3. The molecule has 122 valence electrons. The van der Waals surface area contributed by atoms with E-state index >= 15 is 0 Å². The van der Waals surface area contributed by atoms with Crippen LogP contribution < -0.4 is 5.73 Å². The van der Waals surface area contributed by atoms with Gasteiger partial charge in [0.2, 0.25) is 0 Å². The van der Waals surface area contributed by atoms with Crippen LogP contribution in [0.5, 0.6) is 0 Å². The third kappa shape index (κ3) is 3.80. The summed E-state index contributed by atoms with van der Waals surface area (Å²) in [6.07, 6.45) is 1.78. The van der Waals surface area contributed by atoms with Crippen molar-refractivity contribution in [3.05, 3.63) is 45.7 Å². The second-order valence-electron chi connectivity index (χ2n) is 5.36. The van der Waals surface area contributed by atoms with Crippen LogP contribution in [0.2, 0.25) is 5.02 Å². The van der Waals surface area contributed by atoms with Crippen LogP contribution in [0.1, 0.15) is 15.2 Å². The highest BCUT2D eigenvalue weighted by molar-refractivity contribution is 7.15. The average Bonchev–Trinajstić information content (AvgIpc) is 2.92. The summed E-state index contributed by atoms with van der Waals surface area (Å²) in [5, 5.41) is 0.847. The zero-order chi connectivity index (χ0) is 16.4. The first-order chi connectivity index (χ1) is 11.0. The second kappa shape index (κ2) is 6.82. The van der Waals surface area contributed by atoms with Gasteiger partial charge in [-0.25, -0.2) is 9.37 Å². The molecule has 23 heavy (non-hydrogen) atoms. The summed E-state index contributed by atoms with van der Waals surface area (Å²) in [5.41, 5.74) is 5.69. The van der Waals surface area contributed by atoms with E-state index in [-0.39, 0.29) is 16.5 Å². The largest absolute Gasteiger partial charge is 0.375 e. The number of aromatic nitrogens is 1. The number of piperazine rings is 1. The Labute approximate surface area is 142 Å². The molecule has 2 aromatic rings. The minimum atomic E-state index is -0.579. The Balaban J connectivity index is 1.59. The molecule has 1 aliphatic heterocycles. The smallest absolute Gasteiger partial charge is 0.256 e. The Morgan fingerprint density at radius 2 is 2.09 bits per heavy atom. The third-order valence-electron chi connectivity index (χ3n) is 3.77. The molecule has 1 aromatic carbocycles. The summed E-state index contributed by atoms with van der Waals surface area (Å²) in [7, 11) is 0. The van der Waals surface area contributed by atoms with E-state index in [1.807, 2.05) is 0 Å². The summed E-state index contributed by atoms with van der Waals surface area (Å²) in [6.45, 7) is 3.37. The van der Waals surface area contributed by atoms with Gasteiger partial charge < -0.3 is 10.6 Å². The van der Waals surface area contributed by atoms with Crippen LogP contribution in [0.3, 0.4) is 0 Å². The van der Waals surface area contributed by atoms with E-state index in [1.165, 1.54) is 29.5 Å². The number of thiazole rings is 1. The molecule has 0 bridgehead atoms. The summed E-state index contributed by atoms with van der Waals surface area (Å²) in [6, 6.07) is 4.13. The maximum Gasteiger partial charge on any atom is 0.256 e. The van der Waals surface area contributed by atoms with Gasteiger partial charge in [-0.2, -0.15) is 0 Å². The fourth-order valence-electron chi connectivity index (χ4n) is 2.56. The number of carbonyl (C=O) groups is 1. The number of benzene rings is 1. The predicted octanol–water partition coefficient (Wildman–Crippen LogP) is 2.48. The molecular weight excluding hydrogens is 339 g/mol. The first kappa shape index (κ1) is 16.2. The topological polar surface area (TPSA) is 62.5 Å². The molecule has 0 unspecified atom stereocenters. The van der Waals surface area contributed by atoms with Crippen LogP contribution in [0.15, 0.2) is 24.4 Å². The minimum Gasteiger partial charge on any atom is -0.375 e. The minimum absolute atomic E-state index is 0.0677.